The smallest absolute Gasteiger partial charge is 0.324 e. The Morgan fingerprint density at radius 3 is 2.55 bits per heavy atom. The van der Waals surface area contributed by atoms with Gasteiger partial charge in [0.15, 0.2) is 0 Å². The molecule has 0 unspecified atom stereocenters. The van der Waals surface area contributed by atoms with Gasteiger partial charge in [-0.05, 0) is 35.9 Å². The number of fused-ring (bicyclic) bond motifs is 1. The molecule has 1 N–H and O–H groups in total. The molecule has 4 nitrogen and oxygen atoms in total. The third kappa shape index (κ3) is 4.83. The number of halogens is 4. The SMILES string of the molecule is O=C(Cc1cccc2ccc(-c3cccc(C(F)(F)F)c3)nc12)Nc1ccc(Cl)nc1. The van der Waals surface area contributed by atoms with Crippen molar-refractivity contribution in [1.29, 1.82) is 0 Å². The van der Waals surface area contributed by atoms with Gasteiger partial charge in [-0.25, -0.2) is 9.97 Å². The number of amides is 1. The van der Waals surface area contributed by atoms with Crippen LogP contribution in [0, 0.1) is 0 Å². The van der Waals surface area contributed by atoms with Crippen molar-refractivity contribution in [3.8, 4) is 11.3 Å². The Bertz CT molecular complexity index is 1260. The van der Waals surface area contributed by atoms with E-state index in [4.69, 9.17) is 11.6 Å². The molecular formula is C23H15ClF3N3O. The minimum atomic E-state index is -4.44. The van der Waals surface area contributed by atoms with E-state index >= 15 is 0 Å². The van der Waals surface area contributed by atoms with Gasteiger partial charge in [-0.2, -0.15) is 13.2 Å². The van der Waals surface area contributed by atoms with E-state index in [-0.39, 0.29) is 12.3 Å². The van der Waals surface area contributed by atoms with Crippen LogP contribution in [0.1, 0.15) is 11.1 Å². The van der Waals surface area contributed by atoms with Crippen LogP contribution in [0.25, 0.3) is 22.2 Å². The number of nitrogens with zero attached hydrogens (tertiary/aromatic N) is 2. The molecule has 31 heavy (non-hydrogen) atoms. The van der Waals surface area contributed by atoms with Gasteiger partial charge in [-0.1, -0.05) is 48.0 Å². The number of alkyl halides is 3. The van der Waals surface area contributed by atoms with Crippen LogP contribution < -0.4 is 5.32 Å². The number of carbonyl (C=O) groups excluding carboxylic acids is 1. The molecule has 0 spiro atoms. The zero-order valence-corrected chi connectivity index (χ0v) is 16.7. The molecule has 2 heterocycles. The first-order valence-electron chi connectivity index (χ1n) is 9.27. The van der Waals surface area contributed by atoms with Crippen molar-refractivity contribution < 1.29 is 18.0 Å². The summed E-state index contributed by atoms with van der Waals surface area (Å²) in [5.41, 5.74) is 1.73. The molecule has 4 aromatic rings. The van der Waals surface area contributed by atoms with Crippen molar-refractivity contribution in [3.63, 3.8) is 0 Å². The number of para-hydroxylation sites is 1. The van der Waals surface area contributed by atoms with Crippen LogP contribution in [-0.2, 0) is 17.4 Å². The molecule has 2 aromatic heterocycles. The number of nitrogens with one attached hydrogen (secondary N) is 1. The monoisotopic (exact) mass is 441 g/mol. The highest BCUT2D eigenvalue weighted by atomic mass is 35.5. The van der Waals surface area contributed by atoms with E-state index in [0.717, 1.165) is 17.5 Å². The van der Waals surface area contributed by atoms with Crippen LogP contribution in [0.4, 0.5) is 18.9 Å². The summed E-state index contributed by atoms with van der Waals surface area (Å²) < 4.78 is 39.2. The number of hydrogen-bond acceptors (Lipinski definition) is 3. The lowest BCUT2D eigenvalue weighted by atomic mass is 10.0. The Morgan fingerprint density at radius 1 is 1.00 bits per heavy atom. The molecule has 0 aliphatic carbocycles. The molecule has 0 bridgehead atoms. The molecule has 2 aromatic carbocycles. The Hall–Kier alpha value is -3.45. The minimum absolute atomic E-state index is 0.0407. The third-order valence-corrected chi connectivity index (χ3v) is 4.88. The van der Waals surface area contributed by atoms with Gasteiger partial charge in [-0.15, -0.1) is 0 Å². The average molecular weight is 442 g/mol. The fourth-order valence-electron chi connectivity index (χ4n) is 3.19. The fraction of sp³-hybridized carbons (Fsp3) is 0.0870. The van der Waals surface area contributed by atoms with Gasteiger partial charge in [0.2, 0.25) is 5.91 Å². The molecule has 156 valence electrons. The zero-order valence-electron chi connectivity index (χ0n) is 15.9. The summed E-state index contributed by atoms with van der Waals surface area (Å²) in [7, 11) is 0. The topological polar surface area (TPSA) is 54.9 Å². The van der Waals surface area contributed by atoms with Crippen LogP contribution >= 0.6 is 11.6 Å². The first kappa shape index (κ1) is 20.8. The number of hydrogen-bond donors (Lipinski definition) is 1. The highest BCUT2D eigenvalue weighted by Gasteiger charge is 2.30. The first-order chi connectivity index (χ1) is 14.8. The lowest BCUT2D eigenvalue weighted by Crippen LogP contribution is -2.15. The molecule has 0 aliphatic heterocycles. The summed E-state index contributed by atoms with van der Waals surface area (Å²) in [6, 6.07) is 17.1. The first-order valence-corrected chi connectivity index (χ1v) is 9.65. The summed E-state index contributed by atoms with van der Waals surface area (Å²) >= 11 is 5.75. The summed E-state index contributed by atoms with van der Waals surface area (Å²) in [5.74, 6) is -0.275. The van der Waals surface area contributed by atoms with Crippen LogP contribution in [0.2, 0.25) is 5.15 Å². The van der Waals surface area contributed by atoms with Crippen molar-refractivity contribution in [2.24, 2.45) is 0 Å². The van der Waals surface area contributed by atoms with E-state index in [1.54, 1.807) is 42.5 Å². The van der Waals surface area contributed by atoms with Crippen molar-refractivity contribution in [2.45, 2.75) is 12.6 Å². The summed E-state index contributed by atoms with van der Waals surface area (Å²) in [6.07, 6.45) is -2.95. The Kier molecular flexibility index (Phi) is 5.61. The fourth-order valence-corrected chi connectivity index (χ4v) is 3.31. The summed E-state index contributed by atoms with van der Waals surface area (Å²) in [5, 5.41) is 3.84. The molecule has 4 rings (SSSR count). The lowest BCUT2D eigenvalue weighted by molar-refractivity contribution is -0.137. The highest BCUT2D eigenvalue weighted by molar-refractivity contribution is 6.29. The Morgan fingerprint density at radius 2 is 1.81 bits per heavy atom. The molecule has 0 saturated heterocycles. The number of benzene rings is 2. The predicted molar refractivity (Wildman–Crippen MR) is 114 cm³/mol. The Balaban J connectivity index is 1.65. The molecule has 8 heteroatoms. The molecule has 0 saturated carbocycles. The zero-order chi connectivity index (χ0) is 22.0. The number of rotatable bonds is 4. The van der Waals surface area contributed by atoms with Crippen molar-refractivity contribution in [2.75, 3.05) is 5.32 Å². The van der Waals surface area contributed by atoms with Gasteiger partial charge in [0.25, 0.3) is 0 Å². The normalized spacial score (nSPS) is 11.5. The van der Waals surface area contributed by atoms with Crippen molar-refractivity contribution >= 4 is 34.1 Å². The van der Waals surface area contributed by atoms with Crippen molar-refractivity contribution in [1.82, 2.24) is 9.97 Å². The number of aromatic nitrogens is 2. The van der Waals surface area contributed by atoms with Gasteiger partial charge in [0.05, 0.1) is 35.1 Å². The van der Waals surface area contributed by atoms with E-state index in [2.05, 4.69) is 15.3 Å². The quantitative estimate of drug-likeness (QED) is 0.386. The molecule has 1 amide bonds. The second-order valence-electron chi connectivity index (χ2n) is 6.86. The largest absolute Gasteiger partial charge is 0.416 e. The minimum Gasteiger partial charge on any atom is -0.324 e. The highest BCUT2D eigenvalue weighted by Crippen LogP contribution is 2.32. The predicted octanol–water partition coefficient (Wildman–Crippen LogP) is 6.15. The standard InChI is InChI=1S/C23H15ClF3N3O/c24-20-10-8-18(13-28-20)29-21(31)12-16-5-1-3-14-7-9-19(30-22(14)16)15-4-2-6-17(11-15)23(25,26)27/h1-11,13H,12H2,(H,29,31). The van der Waals surface area contributed by atoms with Gasteiger partial charge >= 0.3 is 6.18 Å². The van der Waals surface area contributed by atoms with Crippen LogP contribution in [-0.4, -0.2) is 15.9 Å². The van der Waals surface area contributed by atoms with Crippen LogP contribution in [0.3, 0.4) is 0 Å². The van der Waals surface area contributed by atoms with E-state index in [1.165, 1.54) is 12.3 Å². The number of anilines is 1. The summed E-state index contributed by atoms with van der Waals surface area (Å²) in [4.78, 5) is 21.0. The van der Waals surface area contributed by atoms with E-state index < -0.39 is 11.7 Å². The molecule has 0 radical (unpaired) electrons. The van der Waals surface area contributed by atoms with Gasteiger partial charge in [0.1, 0.15) is 5.15 Å². The van der Waals surface area contributed by atoms with E-state index in [9.17, 15) is 18.0 Å². The maximum absolute atomic E-state index is 13.1. The lowest BCUT2D eigenvalue weighted by Gasteiger charge is -2.11. The average Bonchev–Trinajstić information content (AvgIpc) is 2.75. The maximum Gasteiger partial charge on any atom is 0.416 e. The number of pyridine rings is 2. The third-order valence-electron chi connectivity index (χ3n) is 4.65. The van der Waals surface area contributed by atoms with Gasteiger partial charge < -0.3 is 5.32 Å². The van der Waals surface area contributed by atoms with Crippen molar-refractivity contribution in [3.05, 3.63) is 89.2 Å². The van der Waals surface area contributed by atoms with E-state index in [0.29, 0.717) is 33.2 Å². The molecule has 0 fully saturated rings. The van der Waals surface area contributed by atoms with Crippen LogP contribution in [0.5, 0.6) is 0 Å². The van der Waals surface area contributed by atoms with E-state index in [1.807, 2.05) is 6.07 Å². The molecular weight excluding hydrogens is 427 g/mol. The van der Waals surface area contributed by atoms with Gasteiger partial charge in [0, 0.05) is 10.9 Å². The second-order valence-corrected chi connectivity index (χ2v) is 7.25. The molecule has 0 atom stereocenters. The van der Waals surface area contributed by atoms with Gasteiger partial charge in [-0.3, -0.25) is 4.79 Å². The second kappa shape index (κ2) is 8.35. The maximum atomic E-state index is 13.1. The molecule has 0 aliphatic rings. The summed E-state index contributed by atoms with van der Waals surface area (Å²) in [6.45, 7) is 0. The van der Waals surface area contributed by atoms with Crippen LogP contribution in [0.15, 0.2) is 72.9 Å². The number of carbonyl (C=O) groups is 1. The Labute approximate surface area is 180 Å².